The molecule has 0 aromatic heterocycles. The van der Waals surface area contributed by atoms with E-state index in [0.717, 1.165) is 31.2 Å². The molecule has 1 aliphatic heterocycles. The van der Waals surface area contributed by atoms with E-state index in [1.165, 1.54) is 11.1 Å². The SMILES string of the molecule is Cc1ccc(S(=O)(=O)N2CCC(c3ccc(CCCCC(=O)O)cc3)CC2)cc1. The number of carboxylic acid groups (broad SMARTS) is 1. The number of aliphatic carboxylic acids is 1. The number of piperidine rings is 1. The zero-order valence-corrected chi connectivity index (χ0v) is 17.7. The van der Waals surface area contributed by atoms with Crippen LogP contribution in [-0.2, 0) is 21.2 Å². The Morgan fingerprint density at radius 3 is 2.21 bits per heavy atom. The molecule has 3 rings (SSSR count). The summed E-state index contributed by atoms with van der Waals surface area (Å²) in [6.45, 7) is 3.03. The fraction of sp³-hybridized carbons (Fsp3) is 0.435. The number of sulfonamides is 1. The second-order valence-electron chi connectivity index (χ2n) is 7.83. The lowest BCUT2D eigenvalue weighted by atomic mass is 9.89. The van der Waals surface area contributed by atoms with Crippen LogP contribution in [0.4, 0.5) is 0 Å². The lowest BCUT2D eigenvalue weighted by molar-refractivity contribution is -0.137. The number of benzene rings is 2. The van der Waals surface area contributed by atoms with E-state index < -0.39 is 16.0 Å². The molecular formula is C23H29NO4S. The van der Waals surface area contributed by atoms with E-state index in [1.54, 1.807) is 16.4 Å². The van der Waals surface area contributed by atoms with Gasteiger partial charge in [-0.15, -0.1) is 0 Å². The van der Waals surface area contributed by atoms with Crippen molar-refractivity contribution in [2.45, 2.75) is 56.3 Å². The average Bonchev–Trinajstić information content (AvgIpc) is 2.72. The standard InChI is InChI=1S/C23H29NO4S/c1-18-6-12-22(13-7-18)29(27,28)24-16-14-21(15-17-24)20-10-8-19(9-11-20)4-2-3-5-23(25)26/h6-13,21H,2-5,14-17H2,1H3,(H,25,26). The molecule has 0 spiro atoms. The minimum absolute atomic E-state index is 0.224. The van der Waals surface area contributed by atoms with Crippen molar-refractivity contribution >= 4 is 16.0 Å². The van der Waals surface area contributed by atoms with Crippen molar-refractivity contribution in [1.29, 1.82) is 0 Å². The third kappa shape index (κ3) is 5.67. The summed E-state index contributed by atoms with van der Waals surface area (Å²) >= 11 is 0. The predicted molar refractivity (Wildman–Crippen MR) is 114 cm³/mol. The molecule has 6 heteroatoms. The molecule has 2 aromatic rings. The summed E-state index contributed by atoms with van der Waals surface area (Å²) in [6, 6.07) is 15.6. The average molecular weight is 416 g/mol. The summed E-state index contributed by atoms with van der Waals surface area (Å²) in [5, 5.41) is 8.69. The fourth-order valence-corrected chi connectivity index (χ4v) is 5.32. The molecule has 0 saturated carbocycles. The van der Waals surface area contributed by atoms with Gasteiger partial charge in [0, 0.05) is 19.5 Å². The first-order chi connectivity index (χ1) is 13.9. The van der Waals surface area contributed by atoms with Crippen molar-refractivity contribution in [3.05, 3.63) is 65.2 Å². The third-order valence-corrected chi connectivity index (χ3v) is 7.58. The number of aryl methyl sites for hydroxylation is 2. The molecule has 1 fully saturated rings. The summed E-state index contributed by atoms with van der Waals surface area (Å²) < 4.78 is 27.3. The molecule has 156 valence electrons. The van der Waals surface area contributed by atoms with Gasteiger partial charge in [0.15, 0.2) is 0 Å². The predicted octanol–water partition coefficient (Wildman–Crippen LogP) is 4.36. The van der Waals surface area contributed by atoms with E-state index in [-0.39, 0.29) is 6.42 Å². The monoisotopic (exact) mass is 415 g/mol. The molecule has 5 nitrogen and oxygen atoms in total. The van der Waals surface area contributed by atoms with Crippen LogP contribution < -0.4 is 0 Å². The van der Waals surface area contributed by atoms with E-state index in [0.29, 0.717) is 30.3 Å². The van der Waals surface area contributed by atoms with Crippen molar-refractivity contribution in [3.63, 3.8) is 0 Å². The minimum atomic E-state index is -3.42. The van der Waals surface area contributed by atoms with Gasteiger partial charge in [-0.05, 0) is 68.2 Å². The molecule has 0 amide bonds. The highest BCUT2D eigenvalue weighted by molar-refractivity contribution is 7.89. The highest BCUT2D eigenvalue weighted by Gasteiger charge is 2.29. The van der Waals surface area contributed by atoms with Crippen LogP contribution in [0, 0.1) is 6.92 Å². The molecule has 0 unspecified atom stereocenters. The van der Waals surface area contributed by atoms with Gasteiger partial charge >= 0.3 is 5.97 Å². The van der Waals surface area contributed by atoms with Gasteiger partial charge in [-0.25, -0.2) is 8.42 Å². The fourth-order valence-electron chi connectivity index (χ4n) is 3.85. The maximum absolute atomic E-state index is 12.8. The van der Waals surface area contributed by atoms with E-state index >= 15 is 0 Å². The van der Waals surface area contributed by atoms with E-state index in [9.17, 15) is 13.2 Å². The highest BCUT2D eigenvalue weighted by atomic mass is 32.2. The molecular weight excluding hydrogens is 386 g/mol. The topological polar surface area (TPSA) is 74.7 Å². The number of hydrogen-bond donors (Lipinski definition) is 1. The second kappa shape index (κ2) is 9.55. The Morgan fingerprint density at radius 1 is 1.00 bits per heavy atom. The Hall–Kier alpha value is -2.18. The lowest BCUT2D eigenvalue weighted by Crippen LogP contribution is -2.37. The zero-order valence-electron chi connectivity index (χ0n) is 16.9. The number of nitrogens with zero attached hydrogens (tertiary/aromatic N) is 1. The van der Waals surface area contributed by atoms with Crippen LogP contribution in [0.3, 0.4) is 0 Å². The van der Waals surface area contributed by atoms with Crippen LogP contribution >= 0.6 is 0 Å². The van der Waals surface area contributed by atoms with Crippen LogP contribution in [0.5, 0.6) is 0 Å². The largest absolute Gasteiger partial charge is 0.481 e. The van der Waals surface area contributed by atoms with Gasteiger partial charge < -0.3 is 5.11 Å². The maximum Gasteiger partial charge on any atom is 0.303 e. The van der Waals surface area contributed by atoms with Gasteiger partial charge in [0.1, 0.15) is 0 Å². The Bertz CT molecular complexity index is 912. The summed E-state index contributed by atoms with van der Waals surface area (Å²) in [4.78, 5) is 10.9. The summed E-state index contributed by atoms with van der Waals surface area (Å²) in [5.74, 6) is -0.364. The van der Waals surface area contributed by atoms with Crippen molar-refractivity contribution in [2.24, 2.45) is 0 Å². The third-order valence-electron chi connectivity index (χ3n) is 5.67. The molecule has 0 atom stereocenters. The lowest BCUT2D eigenvalue weighted by Gasteiger charge is -2.31. The first kappa shape index (κ1) is 21.5. The Balaban J connectivity index is 1.53. The van der Waals surface area contributed by atoms with Crippen LogP contribution in [0.25, 0.3) is 0 Å². The normalized spacial score (nSPS) is 16.0. The van der Waals surface area contributed by atoms with E-state index in [2.05, 4.69) is 24.3 Å². The molecule has 2 aromatic carbocycles. The molecule has 1 saturated heterocycles. The van der Waals surface area contributed by atoms with Crippen molar-refractivity contribution in [3.8, 4) is 0 Å². The van der Waals surface area contributed by atoms with Gasteiger partial charge in [-0.2, -0.15) is 4.31 Å². The second-order valence-corrected chi connectivity index (χ2v) is 9.77. The van der Waals surface area contributed by atoms with Gasteiger partial charge in [-0.1, -0.05) is 42.0 Å². The summed E-state index contributed by atoms with van der Waals surface area (Å²) in [5.41, 5.74) is 3.53. The van der Waals surface area contributed by atoms with Crippen LogP contribution in [0.2, 0.25) is 0 Å². The summed E-state index contributed by atoms with van der Waals surface area (Å²) in [7, 11) is -3.42. The number of hydrogen-bond acceptors (Lipinski definition) is 3. The highest BCUT2D eigenvalue weighted by Crippen LogP contribution is 2.31. The van der Waals surface area contributed by atoms with Crippen LogP contribution in [-0.4, -0.2) is 36.9 Å². The molecule has 0 bridgehead atoms. The number of unbranched alkanes of at least 4 members (excludes halogenated alkanes) is 1. The Kier molecular flexibility index (Phi) is 7.09. The molecule has 0 radical (unpaired) electrons. The van der Waals surface area contributed by atoms with Gasteiger partial charge in [0.05, 0.1) is 4.90 Å². The number of carbonyl (C=O) groups is 1. The zero-order chi connectivity index (χ0) is 20.9. The first-order valence-corrected chi connectivity index (χ1v) is 11.7. The number of rotatable bonds is 8. The van der Waals surface area contributed by atoms with Gasteiger partial charge in [0.25, 0.3) is 0 Å². The first-order valence-electron chi connectivity index (χ1n) is 10.2. The van der Waals surface area contributed by atoms with E-state index in [4.69, 9.17) is 5.11 Å². The minimum Gasteiger partial charge on any atom is -0.481 e. The van der Waals surface area contributed by atoms with Crippen molar-refractivity contribution < 1.29 is 18.3 Å². The molecule has 1 aliphatic rings. The van der Waals surface area contributed by atoms with Crippen LogP contribution in [0.1, 0.15) is 54.7 Å². The molecule has 1 N–H and O–H groups in total. The molecule has 0 aliphatic carbocycles. The Labute approximate surface area is 173 Å². The van der Waals surface area contributed by atoms with Gasteiger partial charge in [0.2, 0.25) is 10.0 Å². The van der Waals surface area contributed by atoms with Crippen LogP contribution in [0.15, 0.2) is 53.4 Å². The Morgan fingerprint density at radius 2 is 1.62 bits per heavy atom. The van der Waals surface area contributed by atoms with E-state index in [1.807, 2.05) is 19.1 Å². The smallest absolute Gasteiger partial charge is 0.303 e. The van der Waals surface area contributed by atoms with Gasteiger partial charge in [-0.3, -0.25) is 4.79 Å². The van der Waals surface area contributed by atoms with Crippen molar-refractivity contribution in [2.75, 3.05) is 13.1 Å². The number of carboxylic acids is 1. The quantitative estimate of drug-likeness (QED) is 0.650. The molecule has 29 heavy (non-hydrogen) atoms. The molecule has 1 heterocycles. The van der Waals surface area contributed by atoms with Crippen molar-refractivity contribution in [1.82, 2.24) is 4.31 Å². The summed E-state index contributed by atoms with van der Waals surface area (Å²) in [6.07, 6.45) is 4.33. The maximum atomic E-state index is 12.8.